The molecule has 1 saturated heterocycles. The third-order valence-electron chi connectivity index (χ3n) is 5.47. The van der Waals surface area contributed by atoms with E-state index in [4.69, 9.17) is 10.7 Å². The molecular weight excluding hydrogens is 348 g/mol. The molecule has 3 N–H and O–H groups in total. The average Bonchev–Trinajstić information content (AvgIpc) is 3.20. The van der Waals surface area contributed by atoms with Crippen molar-refractivity contribution >= 4 is 5.91 Å². The van der Waals surface area contributed by atoms with Crippen LogP contribution in [0, 0.1) is 0 Å². The van der Waals surface area contributed by atoms with Crippen LogP contribution in [0.1, 0.15) is 40.6 Å². The summed E-state index contributed by atoms with van der Waals surface area (Å²) in [5, 5.41) is 0. The molecule has 144 valence electrons. The van der Waals surface area contributed by atoms with E-state index < -0.39 is 5.91 Å². The molecule has 0 unspecified atom stereocenters. The van der Waals surface area contributed by atoms with Gasteiger partial charge >= 0.3 is 0 Å². The molecule has 0 aliphatic carbocycles. The maximum Gasteiger partial charge on any atom is 0.267 e. The van der Waals surface area contributed by atoms with Gasteiger partial charge in [-0.25, -0.2) is 4.98 Å². The molecule has 1 amide bonds. The lowest BCUT2D eigenvalue weighted by Gasteiger charge is -2.31. The molecule has 0 bridgehead atoms. The molecule has 5 heteroatoms. The number of aromatic amines is 1. The third kappa shape index (κ3) is 4.15. The minimum absolute atomic E-state index is 0.292. The number of hydrogen-bond donors (Lipinski definition) is 2. The van der Waals surface area contributed by atoms with Crippen molar-refractivity contribution in [1.82, 2.24) is 14.9 Å². The van der Waals surface area contributed by atoms with Gasteiger partial charge in [-0.3, -0.25) is 4.79 Å². The van der Waals surface area contributed by atoms with Gasteiger partial charge in [0.2, 0.25) is 0 Å². The van der Waals surface area contributed by atoms with Crippen LogP contribution in [0.2, 0.25) is 0 Å². The van der Waals surface area contributed by atoms with Gasteiger partial charge in [0.05, 0.1) is 0 Å². The van der Waals surface area contributed by atoms with Crippen LogP contribution in [-0.4, -0.2) is 40.4 Å². The second-order valence-electron chi connectivity index (χ2n) is 7.45. The molecule has 1 atom stereocenters. The number of H-pyrrole nitrogens is 1. The van der Waals surface area contributed by atoms with Crippen molar-refractivity contribution in [1.29, 1.82) is 0 Å². The maximum absolute atomic E-state index is 12.0. The molecule has 5 nitrogen and oxygen atoms in total. The number of benzene rings is 2. The van der Waals surface area contributed by atoms with Gasteiger partial charge in [-0.15, -0.1) is 0 Å². The number of rotatable bonds is 6. The number of nitrogens with one attached hydrogen (secondary N) is 1. The van der Waals surface area contributed by atoms with Gasteiger partial charge in [0.1, 0.15) is 17.2 Å². The quantitative estimate of drug-likeness (QED) is 0.692. The summed E-state index contributed by atoms with van der Waals surface area (Å²) in [5.74, 6) is 0.700. The summed E-state index contributed by atoms with van der Waals surface area (Å²) in [5.41, 5.74) is 8.95. The lowest BCUT2D eigenvalue weighted by atomic mass is 9.97. The zero-order valence-corrected chi connectivity index (χ0v) is 16.0. The maximum atomic E-state index is 12.0. The number of carbonyl (C=O) groups excluding carboxylic acids is 1. The summed E-state index contributed by atoms with van der Waals surface area (Å²) < 4.78 is 0. The number of piperidine rings is 1. The van der Waals surface area contributed by atoms with Crippen LogP contribution < -0.4 is 5.73 Å². The highest BCUT2D eigenvalue weighted by molar-refractivity contribution is 5.97. The summed E-state index contributed by atoms with van der Waals surface area (Å²) in [4.78, 5) is 22.5. The second-order valence-corrected chi connectivity index (χ2v) is 7.45. The molecule has 4 rings (SSSR count). The fourth-order valence-corrected chi connectivity index (χ4v) is 3.98. The van der Waals surface area contributed by atoms with Crippen molar-refractivity contribution in [2.24, 2.45) is 5.73 Å². The minimum atomic E-state index is -0.464. The fraction of sp³-hybridized carbons (Fsp3) is 0.304. The standard InChI is InChI=1S/C23H26N4O/c24-22(28)21-20(18-10-5-2-6-11-18)25-23(26-21)19-12-7-14-27(16-19)15-13-17-8-3-1-4-9-17/h1-6,8-11,19H,7,12-16H2,(H2,24,28)(H,25,26)/t19-/m0/s1. The SMILES string of the molecule is NC(=O)c1[nH]c([C@H]2CCCN(CCc3ccccc3)C2)nc1-c1ccccc1. The Bertz CT molecular complexity index is 920. The van der Waals surface area contributed by atoms with Crippen LogP contribution >= 0.6 is 0 Å². The Morgan fingerprint density at radius 2 is 1.82 bits per heavy atom. The van der Waals surface area contributed by atoms with E-state index in [0.717, 1.165) is 50.3 Å². The lowest BCUT2D eigenvalue weighted by Crippen LogP contribution is -2.36. The largest absolute Gasteiger partial charge is 0.364 e. The number of imidazole rings is 1. The van der Waals surface area contributed by atoms with E-state index in [9.17, 15) is 4.79 Å². The molecule has 1 aliphatic heterocycles. The van der Waals surface area contributed by atoms with Gasteiger partial charge < -0.3 is 15.6 Å². The molecular formula is C23H26N4O. The Labute approximate surface area is 165 Å². The van der Waals surface area contributed by atoms with Crippen LogP contribution in [0.15, 0.2) is 60.7 Å². The summed E-state index contributed by atoms with van der Waals surface area (Å²) in [6.07, 6.45) is 3.25. The lowest BCUT2D eigenvalue weighted by molar-refractivity contribution is 0.0996. The summed E-state index contributed by atoms with van der Waals surface area (Å²) >= 11 is 0. The molecule has 1 aliphatic rings. The topological polar surface area (TPSA) is 75.0 Å². The van der Waals surface area contributed by atoms with Crippen molar-refractivity contribution in [3.05, 3.63) is 77.7 Å². The second kappa shape index (κ2) is 8.40. The van der Waals surface area contributed by atoms with Crippen molar-refractivity contribution < 1.29 is 4.79 Å². The Kier molecular flexibility index (Phi) is 5.53. The number of hydrogen-bond acceptors (Lipinski definition) is 3. The number of likely N-dealkylation sites (tertiary alicyclic amines) is 1. The van der Waals surface area contributed by atoms with Crippen LogP contribution in [-0.2, 0) is 6.42 Å². The van der Waals surface area contributed by atoms with Crippen LogP contribution in [0.5, 0.6) is 0 Å². The predicted octanol–water partition coefficient (Wildman–Crippen LogP) is 3.60. The summed E-state index contributed by atoms with van der Waals surface area (Å²) in [6.45, 7) is 3.10. The predicted molar refractivity (Wildman–Crippen MR) is 111 cm³/mol. The van der Waals surface area contributed by atoms with E-state index in [0.29, 0.717) is 17.3 Å². The van der Waals surface area contributed by atoms with E-state index >= 15 is 0 Å². The van der Waals surface area contributed by atoms with E-state index in [1.54, 1.807) is 0 Å². The van der Waals surface area contributed by atoms with Crippen molar-refractivity contribution in [2.45, 2.75) is 25.2 Å². The normalized spacial score (nSPS) is 17.5. The van der Waals surface area contributed by atoms with E-state index in [1.165, 1.54) is 5.56 Å². The van der Waals surface area contributed by atoms with Gasteiger partial charge in [-0.05, 0) is 31.4 Å². The van der Waals surface area contributed by atoms with Crippen molar-refractivity contribution in [2.75, 3.05) is 19.6 Å². The van der Waals surface area contributed by atoms with Crippen LogP contribution in [0.4, 0.5) is 0 Å². The molecule has 0 saturated carbocycles. The number of nitrogens with zero attached hydrogens (tertiary/aromatic N) is 2. The molecule has 2 aromatic carbocycles. The van der Waals surface area contributed by atoms with Crippen molar-refractivity contribution in [3.63, 3.8) is 0 Å². The summed E-state index contributed by atoms with van der Waals surface area (Å²) in [7, 11) is 0. The Hall–Kier alpha value is -2.92. The Balaban J connectivity index is 1.49. The van der Waals surface area contributed by atoms with E-state index in [1.807, 2.05) is 30.3 Å². The third-order valence-corrected chi connectivity index (χ3v) is 5.47. The van der Waals surface area contributed by atoms with Crippen LogP contribution in [0.3, 0.4) is 0 Å². The molecule has 1 aromatic heterocycles. The highest BCUT2D eigenvalue weighted by Crippen LogP contribution is 2.29. The van der Waals surface area contributed by atoms with Crippen LogP contribution in [0.25, 0.3) is 11.3 Å². The highest BCUT2D eigenvalue weighted by atomic mass is 16.1. The summed E-state index contributed by atoms with van der Waals surface area (Å²) in [6, 6.07) is 20.4. The fourth-order valence-electron chi connectivity index (χ4n) is 3.98. The van der Waals surface area contributed by atoms with Gasteiger partial charge in [0, 0.05) is 24.6 Å². The number of primary amides is 1. The average molecular weight is 374 g/mol. The zero-order chi connectivity index (χ0) is 19.3. The zero-order valence-electron chi connectivity index (χ0n) is 16.0. The Morgan fingerprint density at radius 1 is 1.11 bits per heavy atom. The first-order chi connectivity index (χ1) is 13.7. The van der Waals surface area contributed by atoms with E-state index in [-0.39, 0.29) is 0 Å². The number of aromatic nitrogens is 2. The molecule has 0 radical (unpaired) electrons. The number of carbonyl (C=O) groups is 1. The van der Waals surface area contributed by atoms with Crippen molar-refractivity contribution in [3.8, 4) is 11.3 Å². The molecule has 0 spiro atoms. The first-order valence-corrected chi connectivity index (χ1v) is 9.92. The molecule has 1 fully saturated rings. The van der Waals surface area contributed by atoms with Gasteiger partial charge in [0.25, 0.3) is 5.91 Å². The molecule has 3 aromatic rings. The highest BCUT2D eigenvalue weighted by Gasteiger charge is 2.26. The molecule has 2 heterocycles. The monoisotopic (exact) mass is 374 g/mol. The van der Waals surface area contributed by atoms with Gasteiger partial charge in [-0.2, -0.15) is 0 Å². The first-order valence-electron chi connectivity index (χ1n) is 9.92. The smallest absolute Gasteiger partial charge is 0.267 e. The first kappa shape index (κ1) is 18.4. The van der Waals surface area contributed by atoms with Gasteiger partial charge in [-0.1, -0.05) is 60.7 Å². The van der Waals surface area contributed by atoms with E-state index in [2.05, 4.69) is 40.2 Å². The molecule has 28 heavy (non-hydrogen) atoms. The minimum Gasteiger partial charge on any atom is -0.364 e. The number of nitrogens with two attached hydrogens (primary N) is 1. The number of amides is 1. The Morgan fingerprint density at radius 3 is 2.54 bits per heavy atom. The van der Waals surface area contributed by atoms with Gasteiger partial charge in [0.15, 0.2) is 0 Å².